The van der Waals surface area contributed by atoms with Gasteiger partial charge in [-0.3, -0.25) is 0 Å². The monoisotopic (exact) mass is 295 g/mol. The van der Waals surface area contributed by atoms with Crippen molar-refractivity contribution in [2.75, 3.05) is 43.0 Å². The summed E-state index contributed by atoms with van der Waals surface area (Å²) in [6.07, 6.45) is 1.87. The highest BCUT2D eigenvalue weighted by molar-refractivity contribution is 7.14. The smallest absolute Gasteiger partial charge is 0.185 e. The third-order valence-electron chi connectivity index (χ3n) is 3.14. The zero-order valence-electron chi connectivity index (χ0n) is 10.9. The van der Waals surface area contributed by atoms with Crippen molar-refractivity contribution < 1.29 is 0 Å². The van der Waals surface area contributed by atoms with Gasteiger partial charge in [-0.05, 0) is 7.05 Å². The number of nitrogens with zero attached hydrogens (tertiary/aromatic N) is 4. The van der Waals surface area contributed by atoms with Gasteiger partial charge in [0.25, 0.3) is 0 Å². The molecular weight excluding hydrogens is 278 g/mol. The number of anilines is 2. The van der Waals surface area contributed by atoms with Crippen molar-refractivity contribution in [1.29, 1.82) is 0 Å². The summed E-state index contributed by atoms with van der Waals surface area (Å²) in [5.74, 6) is 0. The van der Waals surface area contributed by atoms with Crippen LogP contribution in [-0.2, 0) is 6.54 Å². The van der Waals surface area contributed by atoms with E-state index < -0.39 is 0 Å². The van der Waals surface area contributed by atoms with E-state index in [1.54, 1.807) is 22.7 Å². The molecule has 5 nitrogen and oxygen atoms in total. The van der Waals surface area contributed by atoms with Gasteiger partial charge in [-0.25, -0.2) is 9.97 Å². The molecule has 0 saturated carbocycles. The van der Waals surface area contributed by atoms with Gasteiger partial charge in [0.05, 0.1) is 5.69 Å². The Balaban J connectivity index is 1.60. The van der Waals surface area contributed by atoms with Gasteiger partial charge in [-0.15, -0.1) is 22.7 Å². The number of piperazine rings is 1. The quantitative estimate of drug-likeness (QED) is 0.929. The average Bonchev–Trinajstić information content (AvgIpc) is 3.10. The molecule has 3 rings (SSSR count). The van der Waals surface area contributed by atoms with E-state index in [0.29, 0.717) is 0 Å². The largest absolute Gasteiger partial charge is 0.345 e. The van der Waals surface area contributed by atoms with E-state index >= 15 is 0 Å². The Hall–Kier alpha value is -1.18. The van der Waals surface area contributed by atoms with Crippen LogP contribution >= 0.6 is 22.7 Å². The van der Waals surface area contributed by atoms with Crippen LogP contribution in [0.3, 0.4) is 0 Å². The standard InChI is InChI=1S/C12H17N5S2/c1-13-8-10-9-19-12(15-10)17-5-3-16(4-6-17)11-14-2-7-18-11/h2,7,9,13H,3-6,8H2,1H3. The first-order chi connectivity index (χ1) is 9.36. The molecule has 0 spiro atoms. The molecule has 2 aromatic rings. The van der Waals surface area contributed by atoms with Crippen LogP contribution in [0.5, 0.6) is 0 Å². The second-order valence-corrected chi connectivity index (χ2v) is 6.15. The predicted molar refractivity (Wildman–Crippen MR) is 81.4 cm³/mol. The summed E-state index contributed by atoms with van der Waals surface area (Å²) >= 11 is 3.45. The van der Waals surface area contributed by atoms with E-state index in [4.69, 9.17) is 0 Å². The van der Waals surface area contributed by atoms with E-state index in [0.717, 1.165) is 48.7 Å². The fraction of sp³-hybridized carbons (Fsp3) is 0.500. The Kier molecular flexibility index (Phi) is 3.95. The van der Waals surface area contributed by atoms with Crippen molar-refractivity contribution in [1.82, 2.24) is 15.3 Å². The van der Waals surface area contributed by atoms with Crippen molar-refractivity contribution in [3.63, 3.8) is 0 Å². The van der Waals surface area contributed by atoms with E-state index in [-0.39, 0.29) is 0 Å². The summed E-state index contributed by atoms with van der Waals surface area (Å²) in [6.45, 7) is 4.93. The first-order valence-corrected chi connectivity index (χ1v) is 8.11. The molecule has 0 unspecified atom stereocenters. The number of hydrogen-bond acceptors (Lipinski definition) is 7. The molecule has 0 atom stereocenters. The highest BCUT2D eigenvalue weighted by atomic mass is 32.1. The summed E-state index contributed by atoms with van der Waals surface area (Å²) < 4.78 is 0. The maximum Gasteiger partial charge on any atom is 0.185 e. The summed E-state index contributed by atoms with van der Waals surface area (Å²) in [7, 11) is 1.95. The molecule has 1 aliphatic heterocycles. The molecule has 1 fully saturated rings. The molecule has 0 aliphatic carbocycles. The van der Waals surface area contributed by atoms with Gasteiger partial charge in [-0.2, -0.15) is 0 Å². The Morgan fingerprint density at radius 1 is 1.16 bits per heavy atom. The number of thiazole rings is 2. The molecule has 19 heavy (non-hydrogen) atoms. The number of aromatic nitrogens is 2. The van der Waals surface area contributed by atoms with Gasteiger partial charge in [-0.1, -0.05) is 0 Å². The molecule has 0 aromatic carbocycles. The lowest BCUT2D eigenvalue weighted by atomic mass is 10.3. The Bertz CT molecular complexity index is 502. The van der Waals surface area contributed by atoms with Crippen molar-refractivity contribution in [3.05, 3.63) is 22.7 Å². The second-order valence-electron chi connectivity index (χ2n) is 4.44. The first-order valence-electron chi connectivity index (χ1n) is 6.35. The summed E-state index contributed by atoms with van der Waals surface area (Å²) in [5.41, 5.74) is 1.13. The molecule has 3 heterocycles. The van der Waals surface area contributed by atoms with E-state index in [2.05, 4.69) is 30.5 Å². The highest BCUT2D eigenvalue weighted by Gasteiger charge is 2.20. The lowest BCUT2D eigenvalue weighted by molar-refractivity contribution is 0.649. The van der Waals surface area contributed by atoms with Crippen LogP contribution in [0.4, 0.5) is 10.3 Å². The van der Waals surface area contributed by atoms with Gasteiger partial charge < -0.3 is 15.1 Å². The molecule has 0 radical (unpaired) electrons. The van der Waals surface area contributed by atoms with E-state index in [1.165, 1.54) is 0 Å². The fourth-order valence-corrected chi connectivity index (χ4v) is 3.74. The van der Waals surface area contributed by atoms with Crippen molar-refractivity contribution in [2.24, 2.45) is 0 Å². The Labute approximate surface area is 120 Å². The summed E-state index contributed by atoms with van der Waals surface area (Å²) in [5, 5.41) is 9.59. The molecular formula is C12H17N5S2. The average molecular weight is 295 g/mol. The van der Waals surface area contributed by atoms with E-state index in [1.807, 2.05) is 18.6 Å². The number of nitrogens with one attached hydrogen (secondary N) is 1. The SMILES string of the molecule is CNCc1csc(N2CCN(c3nccs3)CC2)n1. The third-order valence-corrected chi connectivity index (χ3v) is 4.92. The van der Waals surface area contributed by atoms with Gasteiger partial charge in [0.1, 0.15) is 0 Å². The predicted octanol–water partition coefficient (Wildman–Crippen LogP) is 1.65. The van der Waals surface area contributed by atoms with Gasteiger partial charge >= 0.3 is 0 Å². The van der Waals surface area contributed by atoms with Crippen LogP contribution in [0.15, 0.2) is 17.0 Å². The first kappa shape index (κ1) is 12.8. The van der Waals surface area contributed by atoms with E-state index in [9.17, 15) is 0 Å². The number of hydrogen-bond donors (Lipinski definition) is 1. The maximum atomic E-state index is 4.66. The van der Waals surface area contributed by atoms with Crippen LogP contribution in [0, 0.1) is 0 Å². The van der Waals surface area contributed by atoms with Gasteiger partial charge in [0, 0.05) is 49.7 Å². The molecule has 2 aromatic heterocycles. The lowest BCUT2D eigenvalue weighted by Gasteiger charge is -2.34. The molecule has 0 amide bonds. The van der Waals surface area contributed by atoms with Crippen molar-refractivity contribution in [3.8, 4) is 0 Å². The van der Waals surface area contributed by atoms with Gasteiger partial charge in [0.2, 0.25) is 0 Å². The van der Waals surface area contributed by atoms with Crippen LogP contribution in [0.2, 0.25) is 0 Å². The number of rotatable bonds is 4. The molecule has 1 aliphatic rings. The molecule has 102 valence electrons. The minimum atomic E-state index is 0.843. The molecule has 1 N–H and O–H groups in total. The maximum absolute atomic E-state index is 4.66. The minimum absolute atomic E-state index is 0.843. The van der Waals surface area contributed by atoms with Gasteiger partial charge in [0.15, 0.2) is 10.3 Å². The van der Waals surface area contributed by atoms with Crippen LogP contribution in [-0.4, -0.2) is 43.2 Å². The Morgan fingerprint density at radius 3 is 2.53 bits per heavy atom. The topological polar surface area (TPSA) is 44.3 Å². The van der Waals surface area contributed by atoms with Crippen LogP contribution < -0.4 is 15.1 Å². The van der Waals surface area contributed by atoms with Crippen LogP contribution in [0.1, 0.15) is 5.69 Å². The van der Waals surface area contributed by atoms with Crippen LogP contribution in [0.25, 0.3) is 0 Å². The summed E-state index contributed by atoms with van der Waals surface area (Å²) in [4.78, 5) is 13.8. The highest BCUT2D eigenvalue weighted by Crippen LogP contribution is 2.24. The summed E-state index contributed by atoms with van der Waals surface area (Å²) in [6, 6.07) is 0. The lowest BCUT2D eigenvalue weighted by Crippen LogP contribution is -2.46. The minimum Gasteiger partial charge on any atom is -0.345 e. The zero-order chi connectivity index (χ0) is 13.1. The van der Waals surface area contributed by atoms with Crippen molar-refractivity contribution >= 4 is 32.9 Å². The third kappa shape index (κ3) is 2.88. The second kappa shape index (κ2) is 5.85. The molecule has 1 saturated heterocycles. The Morgan fingerprint density at radius 2 is 1.89 bits per heavy atom. The van der Waals surface area contributed by atoms with Crippen molar-refractivity contribution in [2.45, 2.75) is 6.54 Å². The molecule has 7 heteroatoms. The normalized spacial score (nSPS) is 16.1. The zero-order valence-corrected chi connectivity index (χ0v) is 12.5. The molecule has 0 bridgehead atoms. The fourth-order valence-electron chi connectivity index (χ4n) is 2.16.